The monoisotopic (exact) mass is 287 g/mol. The Hall–Kier alpha value is -0.820. The fourth-order valence-corrected chi connectivity index (χ4v) is 2.63. The number of thioether (sulfide) groups is 1. The van der Waals surface area contributed by atoms with E-state index in [9.17, 15) is 5.11 Å². The summed E-state index contributed by atoms with van der Waals surface area (Å²) in [5, 5.41) is 14.4. The molecule has 1 N–H and O–H groups in total. The van der Waals surface area contributed by atoms with Crippen molar-refractivity contribution in [3.63, 3.8) is 0 Å². The number of fused-ring (bicyclic) bond motifs is 1. The minimum Gasteiger partial charge on any atom is -0.363 e. The third-order valence-corrected chi connectivity index (χ3v) is 3.39. The van der Waals surface area contributed by atoms with Crippen LogP contribution in [0.15, 0.2) is 17.2 Å². The first-order valence-corrected chi connectivity index (χ1v) is 7.00. The van der Waals surface area contributed by atoms with Crippen LogP contribution in [-0.2, 0) is 4.74 Å². The largest absolute Gasteiger partial charge is 0.363 e. The molecule has 0 aliphatic heterocycles. The van der Waals surface area contributed by atoms with Crippen LogP contribution in [0.3, 0.4) is 0 Å². The predicted molar refractivity (Wildman–Crippen MR) is 71.0 cm³/mol. The van der Waals surface area contributed by atoms with Gasteiger partial charge >= 0.3 is 0 Å². The Kier molecular flexibility index (Phi) is 4.45. The number of aliphatic hydroxyl groups is 1. The first-order valence-electron chi connectivity index (χ1n) is 5.64. The maximum Gasteiger partial charge on any atom is 0.200 e. The average Bonchev–Trinajstić information content (AvgIpc) is 2.73. The summed E-state index contributed by atoms with van der Waals surface area (Å²) in [5.41, 5.74) is 1.16. The molecule has 0 aliphatic rings. The molecular formula is C11H14ClN3O2S. The van der Waals surface area contributed by atoms with E-state index in [1.165, 1.54) is 4.52 Å². The Morgan fingerprint density at radius 3 is 3.00 bits per heavy atom. The molecule has 7 heteroatoms. The summed E-state index contributed by atoms with van der Waals surface area (Å²) in [7, 11) is 0. The number of rotatable bonds is 5. The van der Waals surface area contributed by atoms with E-state index in [-0.39, 0.29) is 0 Å². The van der Waals surface area contributed by atoms with Crippen molar-refractivity contribution < 1.29 is 9.84 Å². The maximum atomic E-state index is 9.85. The Morgan fingerprint density at radius 2 is 2.33 bits per heavy atom. The van der Waals surface area contributed by atoms with Crippen LogP contribution in [0.4, 0.5) is 0 Å². The fourth-order valence-electron chi connectivity index (χ4n) is 1.60. The molecule has 0 fully saturated rings. The van der Waals surface area contributed by atoms with E-state index in [4.69, 9.17) is 16.3 Å². The highest BCUT2D eigenvalue weighted by molar-refractivity contribution is 7.99. The van der Waals surface area contributed by atoms with Crippen molar-refractivity contribution in [2.24, 2.45) is 0 Å². The Bertz CT molecular complexity index is 546. The molecule has 2 aromatic heterocycles. The van der Waals surface area contributed by atoms with Crippen molar-refractivity contribution in [3.8, 4) is 0 Å². The fraction of sp³-hybridized carbons (Fsp3) is 0.455. The smallest absolute Gasteiger partial charge is 0.200 e. The first-order chi connectivity index (χ1) is 8.67. The van der Waals surface area contributed by atoms with Gasteiger partial charge in [-0.25, -0.2) is 9.50 Å². The summed E-state index contributed by atoms with van der Waals surface area (Å²) in [6.07, 6.45) is 0.508. The van der Waals surface area contributed by atoms with E-state index >= 15 is 0 Å². The summed E-state index contributed by atoms with van der Waals surface area (Å²) >= 11 is 7.60. The molecule has 2 rings (SSSR count). The predicted octanol–water partition coefficient (Wildman–Crippen LogP) is 2.52. The summed E-state index contributed by atoms with van der Waals surface area (Å²) in [4.78, 5) is 5.20. The number of hydrogen-bond donors (Lipinski definition) is 1. The highest BCUT2D eigenvalue weighted by atomic mass is 35.5. The second-order valence-corrected chi connectivity index (χ2v) is 5.18. The highest BCUT2D eigenvalue weighted by Crippen LogP contribution is 2.27. The number of nitrogens with zero attached hydrogens (tertiary/aromatic N) is 3. The van der Waals surface area contributed by atoms with Crippen molar-refractivity contribution in [1.29, 1.82) is 0 Å². The highest BCUT2D eigenvalue weighted by Gasteiger charge is 2.17. The zero-order valence-electron chi connectivity index (χ0n) is 10.1. The number of aromatic nitrogens is 3. The average molecular weight is 288 g/mol. The lowest BCUT2D eigenvalue weighted by Gasteiger charge is -2.10. The van der Waals surface area contributed by atoms with E-state index in [0.29, 0.717) is 23.1 Å². The van der Waals surface area contributed by atoms with Gasteiger partial charge in [-0.3, -0.25) is 0 Å². The van der Waals surface area contributed by atoms with Gasteiger partial charge < -0.3 is 9.84 Å². The molecule has 98 valence electrons. The van der Waals surface area contributed by atoms with Crippen LogP contribution in [0.5, 0.6) is 0 Å². The molecule has 0 amide bonds. The Labute approximate surface area is 114 Å². The van der Waals surface area contributed by atoms with Gasteiger partial charge in [-0.2, -0.15) is 5.10 Å². The van der Waals surface area contributed by atoms with Crippen molar-refractivity contribution in [2.75, 3.05) is 12.4 Å². The third-order valence-electron chi connectivity index (χ3n) is 2.31. The summed E-state index contributed by atoms with van der Waals surface area (Å²) in [5.74, 6) is 0.909. The van der Waals surface area contributed by atoms with Gasteiger partial charge in [0.05, 0.1) is 11.1 Å². The van der Waals surface area contributed by atoms with Crippen LogP contribution in [0.1, 0.15) is 25.8 Å². The lowest BCUT2D eigenvalue weighted by molar-refractivity contribution is -0.102. The molecule has 0 aliphatic carbocycles. The number of aliphatic hydroxyl groups excluding tert-OH is 1. The number of hydrogen-bond acceptors (Lipinski definition) is 5. The lowest BCUT2D eigenvalue weighted by Crippen LogP contribution is -2.08. The van der Waals surface area contributed by atoms with E-state index in [1.54, 1.807) is 24.0 Å². The zero-order valence-corrected chi connectivity index (χ0v) is 11.7. The van der Waals surface area contributed by atoms with Crippen LogP contribution < -0.4 is 0 Å². The molecule has 0 saturated heterocycles. The lowest BCUT2D eigenvalue weighted by atomic mass is 10.4. The summed E-state index contributed by atoms with van der Waals surface area (Å²) in [6, 6.07) is 1.77. The molecule has 0 saturated carbocycles. The number of halogens is 1. The molecule has 0 spiro atoms. The minimum atomic E-state index is -1.05. The second-order valence-electron chi connectivity index (χ2n) is 3.49. The van der Waals surface area contributed by atoms with Crippen molar-refractivity contribution >= 4 is 29.0 Å². The van der Waals surface area contributed by atoms with Gasteiger partial charge in [0.15, 0.2) is 17.1 Å². The van der Waals surface area contributed by atoms with Crippen LogP contribution >= 0.6 is 23.4 Å². The number of ether oxygens (including phenoxy) is 1. The molecule has 0 bridgehead atoms. The van der Waals surface area contributed by atoms with Gasteiger partial charge in [-0.15, -0.1) is 11.8 Å². The van der Waals surface area contributed by atoms with Crippen molar-refractivity contribution in [3.05, 3.63) is 23.1 Å². The summed E-state index contributed by atoms with van der Waals surface area (Å²) in [6.45, 7) is 4.27. The van der Waals surface area contributed by atoms with Crippen LogP contribution in [0.2, 0.25) is 5.15 Å². The summed E-state index contributed by atoms with van der Waals surface area (Å²) < 4.78 is 6.67. The van der Waals surface area contributed by atoms with E-state index in [2.05, 4.69) is 10.1 Å². The van der Waals surface area contributed by atoms with Crippen LogP contribution in [0.25, 0.3) is 5.65 Å². The van der Waals surface area contributed by atoms with Crippen LogP contribution in [-0.4, -0.2) is 32.1 Å². The van der Waals surface area contributed by atoms with Gasteiger partial charge in [0.1, 0.15) is 5.69 Å². The molecule has 18 heavy (non-hydrogen) atoms. The normalized spacial score (nSPS) is 13.1. The first kappa shape index (κ1) is 13.6. The van der Waals surface area contributed by atoms with E-state index in [1.807, 2.05) is 13.8 Å². The molecule has 1 unspecified atom stereocenters. The SMILES string of the molecule is CCOC(O)c1cnc2c(SCC)cc(Cl)nn12. The van der Waals surface area contributed by atoms with Gasteiger partial charge in [0, 0.05) is 6.61 Å². The Morgan fingerprint density at radius 1 is 1.56 bits per heavy atom. The van der Waals surface area contributed by atoms with Crippen molar-refractivity contribution in [2.45, 2.75) is 25.0 Å². The molecule has 5 nitrogen and oxygen atoms in total. The van der Waals surface area contributed by atoms with Gasteiger partial charge in [-0.05, 0) is 18.7 Å². The Balaban J connectivity index is 2.51. The maximum absolute atomic E-state index is 9.85. The standard InChI is InChI=1S/C11H14ClN3O2S/c1-3-17-11(16)7-6-13-10-8(18-4-2)5-9(12)14-15(7)10/h5-6,11,16H,3-4H2,1-2H3. The third kappa shape index (κ3) is 2.61. The molecule has 2 aromatic rings. The molecule has 0 aromatic carbocycles. The quantitative estimate of drug-likeness (QED) is 0.676. The molecule has 0 radical (unpaired) electrons. The van der Waals surface area contributed by atoms with Gasteiger partial charge in [0.2, 0.25) is 0 Å². The second kappa shape index (κ2) is 5.88. The van der Waals surface area contributed by atoms with Gasteiger partial charge in [0.25, 0.3) is 0 Å². The topological polar surface area (TPSA) is 59.7 Å². The van der Waals surface area contributed by atoms with Gasteiger partial charge in [-0.1, -0.05) is 18.5 Å². The minimum absolute atomic E-state index is 0.362. The number of imidazole rings is 1. The molecule has 1 atom stereocenters. The molecule has 2 heterocycles. The molecular weight excluding hydrogens is 274 g/mol. The van der Waals surface area contributed by atoms with Crippen LogP contribution in [0, 0.1) is 0 Å². The van der Waals surface area contributed by atoms with E-state index in [0.717, 1.165) is 10.6 Å². The van der Waals surface area contributed by atoms with Crippen molar-refractivity contribution in [1.82, 2.24) is 14.6 Å². The zero-order chi connectivity index (χ0) is 13.1. The van der Waals surface area contributed by atoms with E-state index < -0.39 is 6.29 Å².